The van der Waals surface area contributed by atoms with E-state index in [1.807, 2.05) is 30.3 Å². The molecule has 0 aliphatic heterocycles. The molecule has 1 rings (SSSR count). The quantitative estimate of drug-likeness (QED) is 0.571. The second-order valence-electron chi connectivity index (χ2n) is 1.62. The average Bonchev–Trinajstić information content (AvgIpc) is 2.07. The van der Waals surface area contributed by atoms with Crippen LogP contribution in [0.2, 0.25) is 0 Å². The summed E-state index contributed by atoms with van der Waals surface area (Å²) >= 11 is 6.19. The Morgan fingerprint density at radius 1 is 1.27 bits per heavy atom. The predicted octanol–water partition coefficient (Wildman–Crippen LogP) is 3.03. The molecule has 0 fully saturated rings. The molecule has 0 N–H and O–H groups in total. The van der Waals surface area contributed by atoms with Crippen LogP contribution in [0.15, 0.2) is 34.8 Å². The maximum atomic E-state index is 9.13. The number of alkyl halides is 1. The van der Waals surface area contributed by atoms with Crippen molar-refractivity contribution in [3.63, 3.8) is 0 Å². The number of carbonyl (C=O) groups is 1. The van der Waals surface area contributed by atoms with Crippen LogP contribution in [0.25, 0.3) is 0 Å². The molecular formula is C8H8Br2O. The Bertz CT molecular complexity index is 187. The van der Waals surface area contributed by atoms with Gasteiger partial charge < -0.3 is 4.79 Å². The summed E-state index contributed by atoms with van der Waals surface area (Å²) in [5, 5.41) is 0.451. The molecule has 0 amide bonds. The Labute approximate surface area is 83.1 Å². The fourth-order valence-electron chi connectivity index (χ4n) is 0.415. The molecule has 1 aromatic rings. The minimum Gasteiger partial charge on any atom is -0.302 e. The predicted molar refractivity (Wildman–Crippen MR) is 54.0 cm³/mol. The molecule has 0 heterocycles. The van der Waals surface area contributed by atoms with E-state index in [4.69, 9.17) is 4.79 Å². The summed E-state index contributed by atoms with van der Waals surface area (Å²) in [5.41, 5.74) is 0. The van der Waals surface area contributed by atoms with Gasteiger partial charge in [-0.15, -0.1) is 0 Å². The lowest BCUT2D eigenvalue weighted by Gasteiger charge is -1.80. The zero-order valence-electron chi connectivity index (χ0n) is 5.84. The van der Waals surface area contributed by atoms with E-state index in [9.17, 15) is 0 Å². The molecule has 60 valence electrons. The minimum atomic E-state index is 0.451. The van der Waals surface area contributed by atoms with Crippen molar-refractivity contribution < 1.29 is 4.79 Å². The largest absolute Gasteiger partial charge is 0.302 e. The first-order chi connectivity index (χ1) is 5.31. The van der Waals surface area contributed by atoms with Crippen molar-refractivity contribution in [2.75, 3.05) is 5.33 Å². The molecule has 0 spiro atoms. The van der Waals surface area contributed by atoms with Gasteiger partial charge >= 0.3 is 0 Å². The second kappa shape index (κ2) is 7.95. The van der Waals surface area contributed by atoms with Gasteiger partial charge in [0.1, 0.15) is 6.29 Å². The van der Waals surface area contributed by atoms with E-state index < -0.39 is 0 Å². The van der Waals surface area contributed by atoms with Crippen molar-refractivity contribution in [2.24, 2.45) is 0 Å². The van der Waals surface area contributed by atoms with E-state index >= 15 is 0 Å². The van der Waals surface area contributed by atoms with E-state index in [1.165, 1.54) is 0 Å². The van der Waals surface area contributed by atoms with Gasteiger partial charge in [0, 0.05) is 4.47 Å². The Morgan fingerprint density at radius 2 is 1.73 bits per heavy atom. The summed E-state index contributed by atoms with van der Waals surface area (Å²) in [6, 6.07) is 9.97. The number of hydrogen-bond acceptors (Lipinski definition) is 1. The van der Waals surface area contributed by atoms with Crippen molar-refractivity contribution in [3.8, 4) is 0 Å². The summed E-state index contributed by atoms with van der Waals surface area (Å²) in [4.78, 5) is 9.13. The van der Waals surface area contributed by atoms with Crippen molar-refractivity contribution in [2.45, 2.75) is 0 Å². The van der Waals surface area contributed by atoms with E-state index in [1.54, 1.807) is 0 Å². The van der Waals surface area contributed by atoms with Crippen molar-refractivity contribution >= 4 is 38.1 Å². The monoisotopic (exact) mass is 278 g/mol. The second-order valence-corrected chi connectivity index (χ2v) is 3.18. The highest BCUT2D eigenvalue weighted by Crippen LogP contribution is 2.05. The number of rotatable bonds is 1. The van der Waals surface area contributed by atoms with Gasteiger partial charge in [0.15, 0.2) is 0 Å². The molecule has 0 saturated heterocycles. The van der Waals surface area contributed by atoms with E-state index in [0.717, 1.165) is 10.8 Å². The SMILES string of the molecule is Brc1ccccc1.O=CCBr. The summed E-state index contributed by atoms with van der Waals surface area (Å²) in [5.74, 6) is 0. The highest BCUT2D eigenvalue weighted by molar-refractivity contribution is 9.10. The molecular weight excluding hydrogens is 272 g/mol. The fourth-order valence-corrected chi connectivity index (χ4v) is 0.720. The van der Waals surface area contributed by atoms with Crippen LogP contribution in [0.5, 0.6) is 0 Å². The number of hydrogen-bond donors (Lipinski definition) is 0. The molecule has 0 aliphatic rings. The zero-order valence-corrected chi connectivity index (χ0v) is 9.01. The fraction of sp³-hybridized carbons (Fsp3) is 0.125. The minimum absolute atomic E-state index is 0.451. The van der Waals surface area contributed by atoms with Crippen LogP contribution in [0, 0.1) is 0 Å². The third kappa shape index (κ3) is 7.75. The maximum Gasteiger partial charge on any atom is 0.130 e. The van der Waals surface area contributed by atoms with Gasteiger partial charge in [-0.05, 0) is 12.1 Å². The summed E-state index contributed by atoms with van der Waals surface area (Å²) < 4.78 is 1.13. The molecule has 0 atom stereocenters. The van der Waals surface area contributed by atoms with Crippen molar-refractivity contribution in [1.29, 1.82) is 0 Å². The third-order valence-electron chi connectivity index (χ3n) is 0.796. The molecule has 1 nitrogen and oxygen atoms in total. The van der Waals surface area contributed by atoms with Gasteiger partial charge in [-0.25, -0.2) is 0 Å². The smallest absolute Gasteiger partial charge is 0.130 e. The van der Waals surface area contributed by atoms with Crippen LogP contribution in [-0.2, 0) is 4.79 Å². The van der Waals surface area contributed by atoms with Crippen molar-refractivity contribution in [3.05, 3.63) is 34.8 Å². The van der Waals surface area contributed by atoms with Crippen LogP contribution in [0.3, 0.4) is 0 Å². The van der Waals surface area contributed by atoms with Gasteiger partial charge in [-0.1, -0.05) is 50.1 Å². The molecule has 0 aliphatic carbocycles. The summed E-state index contributed by atoms with van der Waals surface area (Å²) in [6.45, 7) is 0. The van der Waals surface area contributed by atoms with Gasteiger partial charge in [0.25, 0.3) is 0 Å². The summed E-state index contributed by atoms with van der Waals surface area (Å²) in [7, 11) is 0. The first kappa shape index (κ1) is 10.8. The zero-order chi connectivity index (χ0) is 8.53. The highest BCUT2D eigenvalue weighted by atomic mass is 79.9. The van der Waals surface area contributed by atoms with Crippen LogP contribution < -0.4 is 0 Å². The number of halogens is 2. The molecule has 0 saturated carbocycles. The average molecular weight is 280 g/mol. The lowest BCUT2D eigenvalue weighted by atomic mass is 10.4. The van der Waals surface area contributed by atoms with Gasteiger partial charge in [0.2, 0.25) is 0 Å². The Balaban J connectivity index is 0.000000218. The van der Waals surface area contributed by atoms with E-state index in [-0.39, 0.29) is 0 Å². The molecule has 0 radical (unpaired) electrons. The van der Waals surface area contributed by atoms with E-state index in [2.05, 4.69) is 31.9 Å². The number of benzene rings is 1. The molecule has 3 heteroatoms. The highest BCUT2D eigenvalue weighted by Gasteiger charge is 1.74. The van der Waals surface area contributed by atoms with Crippen molar-refractivity contribution in [1.82, 2.24) is 0 Å². The molecule has 11 heavy (non-hydrogen) atoms. The number of carbonyl (C=O) groups excluding carboxylic acids is 1. The van der Waals surface area contributed by atoms with Crippen LogP contribution >= 0.6 is 31.9 Å². The topological polar surface area (TPSA) is 17.1 Å². The molecule has 1 aromatic carbocycles. The Hall–Kier alpha value is -0.150. The standard InChI is InChI=1S/C6H5Br.C2H3BrO/c7-6-4-2-1-3-5-6;3-1-2-4/h1-5H;2H,1H2. The van der Waals surface area contributed by atoms with Gasteiger partial charge in [-0.3, -0.25) is 0 Å². The van der Waals surface area contributed by atoms with E-state index in [0.29, 0.717) is 5.33 Å². The Kier molecular flexibility index (Phi) is 7.84. The molecule has 0 unspecified atom stereocenters. The molecule has 0 aromatic heterocycles. The maximum absolute atomic E-state index is 9.13. The van der Waals surface area contributed by atoms with Crippen LogP contribution in [-0.4, -0.2) is 11.6 Å². The van der Waals surface area contributed by atoms with Gasteiger partial charge in [0.05, 0.1) is 5.33 Å². The third-order valence-corrected chi connectivity index (χ3v) is 1.59. The Morgan fingerprint density at radius 3 is 1.91 bits per heavy atom. The van der Waals surface area contributed by atoms with Crippen LogP contribution in [0.4, 0.5) is 0 Å². The first-order valence-corrected chi connectivity index (χ1v) is 4.93. The normalized spacial score (nSPS) is 7.82. The lowest BCUT2D eigenvalue weighted by Crippen LogP contribution is -1.61. The lowest BCUT2D eigenvalue weighted by molar-refractivity contribution is -0.105. The molecule has 0 bridgehead atoms. The van der Waals surface area contributed by atoms with Crippen LogP contribution in [0.1, 0.15) is 0 Å². The van der Waals surface area contributed by atoms with Gasteiger partial charge in [-0.2, -0.15) is 0 Å². The number of aldehydes is 1. The summed E-state index contributed by atoms with van der Waals surface area (Å²) in [6.07, 6.45) is 0.792. The first-order valence-electron chi connectivity index (χ1n) is 3.01.